The van der Waals surface area contributed by atoms with Crippen LogP contribution in [0.2, 0.25) is 5.02 Å². The second kappa shape index (κ2) is 10.6. The maximum Gasteiger partial charge on any atom is 0.308 e. The van der Waals surface area contributed by atoms with E-state index >= 15 is 0 Å². The molecule has 1 heterocycles. The van der Waals surface area contributed by atoms with Crippen molar-refractivity contribution in [2.45, 2.75) is 23.8 Å². The van der Waals surface area contributed by atoms with Gasteiger partial charge in [-0.25, -0.2) is 12.8 Å². The topological polar surface area (TPSA) is 92.8 Å². The van der Waals surface area contributed by atoms with Crippen molar-refractivity contribution in [1.29, 1.82) is 0 Å². The van der Waals surface area contributed by atoms with Gasteiger partial charge in [0, 0.05) is 6.54 Å². The summed E-state index contributed by atoms with van der Waals surface area (Å²) < 4.78 is 46.4. The molecule has 0 radical (unpaired) electrons. The molecule has 3 aromatic carbocycles. The largest absolute Gasteiger partial charge is 0.456 e. The molecule has 1 aliphatic rings. The Balaban J connectivity index is 1.48. The number of fused-ring (bicyclic) bond motifs is 1. The third kappa shape index (κ3) is 5.70. The lowest BCUT2D eigenvalue weighted by Gasteiger charge is -2.36. The monoisotopic (exact) mass is 516 g/mol. The van der Waals surface area contributed by atoms with E-state index in [-0.39, 0.29) is 28.6 Å². The van der Waals surface area contributed by atoms with Crippen LogP contribution >= 0.6 is 11.6 Å². The standard InChI is InChI=1S/C25H22ClFN2O5S/c26-21-14-18(27)10-11-22(21)28-24(30)16-34-25(31)15-23-20-9-5-4-6-17(20)12-13-29(23)35(32,33)19-7-2-1-3-8-19/h1-11,14,23H,12-13,15-16H2,(H,28,30). The maximum absolute atomic E-state index is 13.4. The van der Waals surface area contributed by atoms with Crippen LogP contribution in [-0.2, 0) is 30.8 Å². The first-order valence-electron chi connectivity index (χ1n) is 10.8. The summed E-state index contributed by atoms with van der Waals surface area (Å²) in [5.41, 5.74) is 1.85. The van der Waals surface area contributed by atoms with E-state index in [0.29, 0.717) is 6.42 Å². The second-order valence-electron chi connectivity index (χ2n) is 7.93. The number of halogens is 2. The molecule has 1 N–H and O–H groups in total. The van der Waals surface area contributed by atoms with Gasteiger partial charge in [0.2, 0.25) is 10.0 Å². The Labute approximate surface area is 207 Å². The summed E-state index contributed by atoms with van der Waals surface area (Å²) in [6.45, 7) is -0.401. The van der Waals surface area contributed by atoms with E-state index in [1.807, 2.05) is 12.1 Å². The van der Waals surface area contributed by atoms with Gasteiger partial charge in [-0.3, -0.25) is 9.59 Å². The van der Waals surface area contributed by atoms with E-state index in [4.69, 9.17) is 16.3 Å². The minimum atomic E-state index is -3.88. The molecule has 10 heteroatoms. The van der Waals surface area contributed by atoms with Crippen LogP contribution in [-0.4, -0.2) is 37.8 Å². The Morgan fingerprint density at radius 1 is 1.06 bits per heavy atom. The van der Waals surface area contributed by atoms with Crippen molar-refractivity contribution in [2.24, 2.45) is 0 Å². The van der Waals surface area contributed by atoms with Crippen LogP contribution in [0, 0.1) is 5.82 Å². The van der Waals surface area contributed by atoms with Crippen molar-refractivity contribution in [3.05, 3.63) is 94.8 Å². The molecule has 0 aliphatic carbocycles. The average Bonchev–Trinajstić information content (AvgIpc) is 2.85. The molecular formula is C25H22ClFN2O5S. The fourth-order valence-corrected chi connectivity index (χ4v) is 5.84. The van der Waals surface area contributed by atoms with Gasteiger partial charge >= 0.3 is 5.97 Å². The highest BCUT2D eigenvalue weighted by Crippen LogP contribution is 2.36. The number of hydrogen-bond donors (Lipinski definition) is 1. The van der Waals surface area contributed by atoms with Gasteiger partial charge < -0.3 is 10.1 Å². The average molecular weight is 517 g/mol. The van der Waals surface area contributed by atoms with E-state index in [9.17, 15) is 22.4 Å². The van der Waals surface area contributed by atoms with Gasteiger partial charge in [-0.15, -0.1) is 0 Å². The number of sulfonamides is 1. The van der Waals surface area contributed by atoms with Gasteiger partial charge in [0.1, 0.15) is 5.82 Å². The second-order valence-corrected chi connectivity index (χ2v) is 10.2. The molecular weight excluding hydrogens is 495 g/mol. The molecule has 1 amide bonds. The third-order valence-electron chi connectivity index (χ3n) is 5.64. The summed E-state index contributed by atoms with van der Waals surface area (Å²) in [7, 11) is -3.88. The number of ether oxygens (including phenoxy) is 1. The number of esters is 1. The lowest BCUT2D eigenvalue weighted by Crippen LogP contribution is -2.41. The number of benzene rings is 3. The lowest BCUT2D eigenvalue weighted by atomic mass is 9.92. The van der Waals surface area contributed by atoms with Crippen molar-refractivity contribution in [2.75, 3.05) is 18.5 Å². The fourth-order valence-electron chi connectivity index (χ4n) is 4.00. The predicted molar refractivity (Wildman–Crippen MR) is 129 cm³/mol. The van der Waals surface area contributed by atoms with Gasteiger partial charge in [-0.1, -0.05) is 54.1 Å². The number of rotatable bonds is 7. The number of nitrogens with zero attached hydrogens (tertiary/aromatic N) is 1. The highest BCUT2D eigenvalue weighted by molar-refractivity contribution is 7.89. The molecule has 3 aromatic rings. The van der Waals surface area contributed by atoms with Crippen LogP contribution in [0.4, 0.5) is 10.1 Å². The third-order valence-corrected chi connectivity index (χ3v) is 7.88. The molecule has 0 saturated carbocycles. The molecule has 7 nitrogen and oxygen atoms in total. The van der Waals surface area contributed by atoms with Crippen molar-refractivity contribution in [3.8, 4) is 0 Å². The van der Waals surface area contributed by atoms with Crippen molar-refractivity contribution in [1.82, 2.24) is 4.31 Å². The quantitative estimate of drug-likeness (QED) is 0.472. The Kier molecular flexibility index (Phi) is 7.49. The van der Waals surface area contributed by atoms with Crippen LogP contribution in [0.3, 0.4) is 0 Å². The summed E-state index contributed by atoms with van der Waals surface area (Å²) in [6.07, 6.45) is 0.238. The fraction of sp³-hybridized carbons (Fsp3) is 0.200. The number of nitrogens with one attached hydrogen (secondary N) is 1. The van der Waals surface area contributed by atoms with Gasteiger partial charge in [0.05, 0.1) is 28.1 Å². The molecule has 182 valence electrons. The van der Waals surface area contributed by atoms with E-state index in [2.05, 4.69) is 5.32 Å². The molecule has 0 bridgehead atoms. The predicted octanol–water partition coefficient (Wildman–Crippen LogP) is 4.34. The zero-order valence-electron chi connectivity index (χ0n) is 18.5. The normalized spacial score (nSPS) is 15.8. The lowest BCUT2D eigenvalue weighted by molar-refractivity contribution is -0.148. The van der Waals surface area contributed by atoms with Gasteiger partial charge in [0.15, 0.2) is 6.61 Å². The molecule has 4 rings (SSSR count). The minimum absolute atomic E-state index is 0.00486. The van der Waals surface area contributed by atoms with Crippen LogP contribution in [0.1, 0.15) is 23.6 Å². The summed E-state index contributed by atoms with van der Waals surface area (Å²) in [5.74, 6) is -1.95. The molecule has 0 saturated heterocycles. The number of anilines is 1. The first-order valence-corrected chi connectivity index (χ1v) is 12.6. The molecule has 1 unspecified atom stereocenters. The van der Waals surface area contributed by atoms with Crippen LogP contribution in [0.5, 0.6) is 0 Å². The van der Waals surface area contributed by atoms with Crippen LogP contribution in [0.15, 0.2) is 77.7 Å². The first-order chi connectivity index (χ1) is 16.8. The van der Waals surface area contributed by atoms with Crippen molar-refractivity contribution < 1.29 is 27.1 Å². The summed E-state index contributed by atoms with van der Waals surface area (Å²) >= 11 is 5.90. The highest BCUT2D eigenvalue weighted by Gasteiger charge is 2.37. The first kappa shape index (κ1) is 24.8. The molecule has 0 fully saturated rings. The Morgan fingerprint density at radius 3 is 2.51 bits per heavy atom. The number of amides is 1. The summed E-state index contributed by atoms with van der Waals surface area (Å²) in [5, 5.41) is 2.45. The van der Waals surface area contributed by atoms with Gasteiger partial charge in [-0.05, 0) is 47.9 Å². The molecule has 1 aliphatic heterocycles. The molecule has 0 aromatic heterocycles. The van der Waals surface area contributed by atoms with Crippen LogP contribution in [0.25, 0.3) is 0 Å². The highest BCUT2D eigenvalue weighted by atomic mass is 35.5. The smallest absolute Gasteiger partial charge is 0.308 e. The van der Waals surface area contributed by atoms with Crippen molar-refractivity contribution in [3.63, 3.8) is 0 Å². The van der Waals surface area contributed by atoms with E-state index in [1.54, 1.807) is 30.3 Å². The number of carbonyl (C=O) groups is 2. The molecule has 0 spiro atoms. The van der Waals surface area contributed by atoms with Gasteiger partial charge in [0.25, 0.3) is 5.91 Å². The Hall–Kier alpha value is -3.27. The number of carbonyl (C=O) groups excluding carboxylic acids is 2. The summed E-state index contributed by atoms with van der Waals surface area (Å²) in [6, 6.07) is 18.1. The van der Waals surface area contributed by atoms with Gasteiger partial charge in [-0.2, -0.15) is 4.31 Å². The zero-order valence-corrected chi connectivity index (χ0v) is 20.1. The SMILES string of the molecule is O=C(COC(=O)CC1c2ccccc2CCN1S(=O)(=O)c1ccccc1)Nc1ccc(F)cc1Cl. The molecule has 1 atom stereocenters. The zero-order chi connectivity index (χ0) is 25.0. The van der Waals surface area contributed by atoms with Crippen molar-refractivity contribution >= 4 is 39.2 Å². The van der Waals surface area contributed by atoms with E-state index < -0.39 is 40.4 Å². The number of hydrogen-bond acceptors (Lipinski definition) is 5. The molecule has 35 heavy (non-hydrogen) atoms. The van der Waals surface area contributed by atoms with E-state index in [0.717, 1.165) is 23.3 Å². The Bertz CT molecular complexity index is 1350. The maximum atomic E-state index is 13.4. The van der Waals surface area contributed by atoms with Crippen LogP contribution < -0.4 is 5.32 Å². The Morgan fingerprint density at radius 2 is 1.77 bits per heavy atom. The minimum Gasteiger partial charge on any atom is -0.456 e. The van der Waals surface area contributed by atoms with E-state index in [1.165, 1.54) is 22.5 Å². The summed E-state index contributed by atoms with van der Waals surface area (Å²) in [4.78, 5) is 25.0.